The van der Waals surface area contributed by atoms with Gasteiger partial charge >= 0.3 is 20.2 Å². The van der Waals surface area contributed by atoms with Crippen LogP contribution >= 0.6 is 0 Å². The second kappa shape index (κ2) is 12.1. The summed E-state index contributed by atoms with van der Waals surface area (Å²) in [5.74, 6) is 1.37. The van der Waals surface area contributed by atoms with E-state index in [1.165, 1.54) is 14.2 Å². The first-order valence-corrected chi connectivity index (χ1v) is 16.0. The van der Waals surface area contributed by atoms with E-state index >= 15 is 0 Å². The lowest BCUT2D eigenvalue weighted by Crippen LogP contribution is -2.08. The molecule has 0 amide bonds. The molecule has 0 bridgehead atoms. The van der Waals surface area contributed by atoms with Gasteiger partial charge in [-0.15, -0.1) is 0 Å². The summed E-state index contributed by atoms with van der Waals surface area (Å²) >= 11 is 0. The van der Waals surface area contributed by atoms with Crippen LogP contribution in [0.25, 0.3) is 22.3 Å². The summed E-state index contributed by atoms with van der Waals surface area (Å²) in [7, 11) is -4.49. The van der Waals surface area contributed by atoms with Crippen molar-refractivity contribution in [1.82, 2.24) is 0 Å². The van der Waals surface area contributed by atoms with Gasteiger partial charge in [0.05, 0.1) is 32.3 Å². The molecule has 0 aliphatic heterocycles. The maximum Gasteiger partial charge on any atom is 0.306 e. The number of ether oxygens (including phenoxy) is 3. The Labute approximate surface area is 240 Å². The molecule has 0 saturated heterocycles. The SMILES string of the molecule is COc1cc(-c2ccc(OS(C)(=O)=O)cc2)cc(OC)c1-c1ccc(OCc2ccc(C)cc2)c(OS(C)(=O)=O)c1. The zero-order chi connectivity index (χ0) is 29.8. The molecule has 0 spiro atoms. The van der Waals surface area contributed by atoms with Crippen LogP contribution < -0.4 is 22.6 Å². The fourth-order valence-corrected chi connectivity index (χ4v) is 5.01. The smallest absolute Gasteiger partial charge is 0.306 e. The van der Waals surface area contributed by atoms with Crippen LogP contribution in [0.1, 0.15) is 11.1 Å². The summed E-state index contributed by atoms with van der Waals surface area (Å²) in [5, 5.41) is 0. The van der Waals surface area contributed by atoms with Crippen LogP contribution in [0.5, 0.6) is 28.7 Å². The predicted molar refractivity (Wildman–Crippen MR) is 157 cm³/mol. The Hall–Kier alpha value is -4.22. The minimum Gasteiger partial charge on any atom is -0.496 e. The molecule has 41 heavy (non-hydrogen) atoms. The Morgan fingerprint density at radius 1 is 0.585 bits per heavy atom. The number of benzene rings is 4. The Bertz CT molecular complexity index is 1720. The summed E-state index contributed by atoms with van der Waals surface area (Å²) in [6, 6.07) is 22.9. The van der Waals surface area contributed by atoms with Gasteiger partial charge in [0.1, 0.15) is 23.9 Å². The van der Waals surface area contributed by atoms with Crippen LogP contribution in [0.15, 0.2) is 78.9 Å². The molecule has 4 aromatic rings. The molecule has 11 heteroatoms. The number of hydrogen-bond acceptors (Lipinski definition) is 9. The molecular formula is C30H30O9S2. The van der Waals surface area contributed by atoms with Crippen LogP contribution in [-0.2, 0) is 26.8 Å². The molecule has 4 rings (SSSR count). The van der Waals surface area contributed by atoms with Crippen LogP contribution in [-0.4, -0.2) is 43.6 Å². The minimum absolute atomic E-state index is 0.0201. The average molecular weight is 599 g/mol. The largest absolute Gasteiger partial charge is 0.496 e. The first kappa shape index (κ1) is 29.8. The van der Waals surface area contributed by atoms with Gasteiger partial charge < -0.3 is 22.6 Å². The Kier molecular flexibility index (Phi) is 8.79. The van der Waals surface area contributed by atoms with Crippen LogP contribution in [0.4, 0.5) is 0 Å². The maximum absolute atomic E-state index is 12.1. The molecule has 9 nitrogen and oxygen atoms in total. The van der Waals surface area contributed by atoms with E-state index in [4.69, 9.17) is 22.6 Å². The van der Waals surface area contributed by atoms with Crippen molar-refractivity contribution < 1.29 is 39.4 Å². The van der Waals surface area contributed by atoms with Crippen molar-refractivity contribution in [3.05, 3.63) is 90.0 Å². The van der Waals surface area contributed by atoms with E-state index in [0.717, 1.165) is 34.8 Å². The molecule has 0 heterocycles. The average Bonchev–Trinajstić information content (AvgIpc) is 2.91. The van der Waals surface area contributed by atoms with Crippen molar-refractivity contribution in [2.45, 2.75) is 13.5 Å². The van der Waals surface area contributed by atoms with Crippen molar-refractivity contribution in [1.29, 1.82) is 0 Å². The lowest BCUT2D eigenvalue weighted by atomic mass is 9.97. The third-order valence-electron chi connectivity index (χ3n) is 5.93. The lowest BCUT2D eigenvalue weighted by Gasteiger charge is -2.18. The number of hydrogen-bond donors (Lipinski definition) is 0. The first-order chi connectivity index (χ1) is 19.3. The molecule has 0 N–H and O–H groups in total. The van der Waals surface area contributed by atoms with Gasteiger partial charge in [0.2, 0.25) is 0 Å². The van der Waals surface area contributed by atoms with Gasteiger partial charge in [-0.05, 0) is 65.6 Å². The molecule has 0 aromatic heterocycles. The van der Waals surface area contributed by atoms with E-state index in [0.29, 0.717) is 22.6 Å². The van der Waals surface area contributed by atoms with E-state index in [2.05, 4.69) is 0 Å². The second-order valence-electron chi connectivity index (χ2n) is 9.29. The third-order valence-corrected chi connectivity index (χ3v) is 6.91. The summed E-state index contributed by atoms with van der Waals surface area (Å²) in [5.41, 5.74) is 4.67. The van der Waals surface area contributed by atoms with E-state index in [1.54, 1.807) is 54.6 Å². The molecule has 0 aliphatic rings. The standard InChI is InChI=1S/C30H30O9S2/c1-20-6-8-21(9-7-20)19-37-26-15-12-23(16-27(26)39-41(5,33)34)30-28(35-2)17-24(18-29(30)36-3)22-10-13-25(14-11-22)38-40(4,31)32/h6-18H,19H2,1-5H3. The Morgan fingerprint density at radius 2 is 1.12 bits per heavy atom. The molecule has 4 aromatic carbocycles. The lowest BCUT2D eigenvalue weighted by molar-refractivity contribution is 0.296. The zero-order valence-electron chi connectivity index (χ0n) is 23.2. The highest BCUT2D eigenvalue weighted by atomic mass is 32.2. The predicted octanol–water partition coefficient (Wildman–Crippen LogP) is 5.60. The molecule has 0 unspecified atom stereocenters. The van der Waals surface area contributed by atoms with Crippen LogP contribution in [0.3, 0.4) is 0 Å². The van der Waals surface area contributed by atoms with Crippen molar-refractivity contribution in [2.24, 2.45) is 0 Å². The normalized spacial score (nSPS) is 11.5. The van der Waals surface area contributed by atoms with Gasteiger partial charge in [-0.2, -0.15) is 16.8 Å². The molecule has 0 atom stereocenters. The highest BCUT2D eigenvalue weighted by Gasteiger charge is 2.20. The molecule has 216 valence electrons. The summed E-state index contributed by atoms with van der Waals surface area (Å²) < 4.78 is 74.6. The van der Waals surface area contributed by atoms with Crippen LogP contribution in [0, 0.1) is 6.92 Å². The van der Waals surface area contributed by atoms with Crippen molar-refractivity contribution in [3.63, 3.8) is 0 Å². The monoisotopic (exact) mass is 598 g/mol. The number of aryl methyl sites for hydroxylation is 1. The van der Waals surface area contributed by atoms with E-state index in [9.17, 15) is 16.8 Å². The topological polar surface area (TPSA) is 114 Å². The van der Waals surface area contributed by atoms with Crippen molar-refractivity contribution in [2.75, 3.05) is 26.7 Å². The van der Waals surface area contributed by atoms with Crippen LogP contribution in [0.2, 0.25) is 0 Å². The molecule has 0 radical (unpaired) electrons. The Morgan fingerprint density at radius 3 is 1.66 bits per heavy atom. The maximum atomic E-state index is 12.1. The number of rotatable bonds is 11. The minimum atomic E-state index is -3.87. The van der Waals surface area contributed by atoms with Gasteiger partial charge in [-0.25, -0.2) is 0 Å². The van der Waals surface area contributed by atoms with E-state index < -0.39 is 20.2 Å². The number of methoxy groups -OCH3 is 2. The van der Waals surface area contributed by atoms with Gasteiger partial charge in [-0.3, -0.25) is 0 Å². The zero-order valence-corrected chi connectivity index (χ0v) is 24.8. The molecule has 0 aliphatic carbocycles. The highest BCUT2D eigenvalue weighted by molar-refractivity contribution is 7.86. The van der Waals surface area contributed by atoms with Crippen molar-refractivity contribution >= 4 is 20.2 Å². The van der Waals surface area contributed by atoms with Gasteiger partial charge in [-0.1, -0.05) is 48.0 Å². The third kappa shape index (κ3) is 7.92. The van der Waals surface area contributed by atoms with Gasteiger partial charge in [0.15, 0.2) is 11.5 Å². The first-order valence-electron chi connectivity index (χ1n) is 12.3. The molecule has 0 fully saturated rings. The van der Waals surface area contributed by atoms with Gasteiger partial charge in [0.25, 0.3) is 0 Å². The quantitative estimate of drug-likeness (QED) is 0.204. The van der Waals surface area contributed by atoms with Gasteiger partial charge in [0, 0.05) is 0 Å². The van der Waals surface area contributed by atoms with Crippen molar-refractivity contribution in [3.8, 4) is 51.0 Å². The fourth-order valence-electron chi connectivity index (χ4n) is 4.10. The molecular weight excluding hydrogens is 568 g/mol. The highest BCUT2D eigenvalue weighted by Crippen LogP contribution is 2.45. The van der Waals surface area contributed by atoms with E-state index in [1.807, 2.05) is 31.2 Å². The fraction of sp³-hybridized carbons (Fsp3) is 0.200. The van der Waals surface area contributed by atoms with E-state index in [-0.39, 0.29) is 23.9 Å². The second-order valence-corrected chi connectivity index (χ2v) is 12.4. The Balaban J connectivity index is 1.72. The summed E-state index contributed by atoms with van der Waals surface area (Å²) in [6.45, 7) is 2.21. The summed E-state index contributed by atoms with van der Waals surface area (Å²) in [6.07, 6.45) is 1.94. The summed E-state index contributed by atoms with van der Waals surface area (Å²) in [4.78, 5) is 0. The molecule has 0 saturated carbocycles.